The van der Waals surface area contributed by atoms with E-state index in [0.717, 1.165) is 0 Å². The summed E-state index contributed by atoms with van der Waals surface area (Å²) in [6.07, 6.45) is 0.475. The van der Waals surface area contributed by atoms with Crippen molar-refractivity contribution in [2.75, 3.05) is 13.1 Å². The summed E-state index contributed by atoms with van der Waals surface area (Å²) in [5.74, 6) is 0.0706. The molecule has 1 unspecified atom stereocenters. The van der Waals surface area contributed by atoms with Gasteiger partial charge in [-0.05, 0) is 18.1 Å². The molecule has 2 fully saturated rings. The minimum Gasteiger partial charge on any atom is -0.412 e. The van der Waals surface area contributed by atoms with Crippen molar-refractivity contribution >= 4 is 20.1 Å². The Kier molecular flexibility index (Phi) is 5.95. The number of nitrogens with one attached hydrogen (secondary N) is 2. The molecule has 2 aliphatic heterocycles. The molecule has 2 heterocycles. The van der Waals surface area contributed by atoms with Crippen LogP contribution in [0.1, 0.15) is 33.6 Å². The van der Waals surface area contributed by atoms with Crippen LogP contribution in [0, 0.1) is 0 Å². The Balaban J connectivity index is 0.000000262. The SMILES string of the molecule is CC(C)(C)[Si](C)(C)O[C@H]1CNC(=O)C1.O=C1CC(O)CN1. The Morgan fingerprint density at radius 1 is 1.10 bits per heavy atom. The van der Waals surface area contributed by atoms with Crippen molar-refractivity contribution < 1.29 is 19.1 Å². The van der Waals surface area contributed by atoms with E-state index in [4.69, 9.17) is 9.53 Å². The van der Waals surface area contributed by atoms with E-state index in [-0.39, 0.29) is 29.4 Å². The van der Waals surface area contributed by atoms with Gasteiger partial charge in [-0.1, -0.05) is 20.8 Å². The third-order valence-corrected chi connectivity index (χ3v) is 8.70. The lowest BCUT2D eigenvalue weighted by atomic mass is 10.2. The average molecular weight is 316 g/mol. The van der Waals surface area contributed by atoms with Crippen molar-refractivity contribution in [3.8, 4) is 0 Å². The molecule has 0 bridgehead atoms. The molecule has 0 aromatic heterocycles. The maximum atomic E-state index is 11.0. The smallest absolute Gasteiger partial charge is 0.222 e. The van der Waals surface area contributed by atoms with Crippen LogP contribution in [-0.2, 0) is 14.0 Å². The van der Waals surface area contributed by atoms with Crippen LogP contribution in [-0.4, -0.2) is 50.5 Å². The molecule has 0 radical (unpaired) electrons. The zero-order valence-electron chi connectivity index (χ0n) is 13.7. The van der Waals surface area contributed by atoms with Gasteiger partial charge in [0.1, 0.15) is 0 Å². The van der Waals surface area contributed by atoms with Gasteiger partial charge >= 0.3 is 0 Å². The monoisotopic (exact) mass is 316 g/mol. The van der Waals surface area contributed by atoms with E-state index < -0.39 is 14.4 Å². The molecular weight excluding hydrogens is 288 g/mol. The van der Waals surface area contributed by atoms with Crippen LogP contribution < -0.4 is 10.6 Å². The second kappa shape index (κ2) is 6.89. The van der Waals surface area contributed by atoms with E-state index in [1.165, 1.54) is 0 Å². The molecule has 2 aliphatic rings. The van der Waals surface area contributed by atoms with Crippen molar-refractivity contribution in [1.82, 2.24) is 10.6 Å². The summed E-state index contributed by atoms with van der Waals surface area (Å²) in [4.78, 5) is 21.2. The molecule has 122 valence electrons. The van der Waals surface area contributed by atoms with Gasteiger partial charge in [-0.3, -0.25) is 9.59 Å². The maximum Gasteiger partial charge on any atom is 0.222 e. The molecule has 2 saturated heterocycles. The molecule has 2 rings (SSSR count). The molecule has 7 heteroatoms. The fourth-order valence-electron chi connectivity index (χ4n) is 1.85. The summed E-state index contributed by atoms with van der Waals surface area (Å²) in [6.45, 7) is 12.2. The number of hydrogen-bond acceptors (Lipinski definition) is 4. The molecule has 21 heavy (non-hydrogen) atoms. The number of hydrogen-bond donors (Lipinski definition) is 3. The number of β-amino-alcohol motifs (C(OH)–C–C–N with tert-alkyl or cyclic N) is 1. The van der Waals surface area contributed by atoms with Crippen LogP contribution in [0.2, 0.25) is 18.1 Å². The molecule has 3 N–H and O–H groups in total. The molecule has 0 aromatic carbocycles. The summed E-state index contributed by atoms with van der Waals surface area (Å²) in [6, 6.07) is 0. The first-order valence-electron chi connectivity index (χ1n) is 7.40. The molecule has 0 saturated carbocycles. The zero-order chi connectivity index (χ0) is 16.3. The van der Waals surface area contributed by atoms with Gasteiger partial charge in [0, 0.05) is 13.1 Å². The zero-order valence-corrected chi connectivity index (χ0v) is 14.7. The molecule has 0 aromatic rings. The summed E-state index contributed by atoms with van der Waals surface area (Å²) >= 11 is 0. The van der Waals surface area contributed by atoms with Crippen LogP contribution in [0.15, 0.2) is 0 Å². The van der Waals surface area contributed by atoms with Crippen LogP contribution in [0.25, 0.3) is 0 Å². The van der Waals surface area contributed by atoms with Gasteiger partial charge in [0.15, 0.2) is 8.32 Å². The quantitative estimate of drug-likeness (QED) is 0.657. The highest BCUT2D eigenvalue weighted by molar-refractivity contribution is 6.74. The lowest BCUT2D eigenvalue weighted by Crippen LogP contribution is -2.44. The van der Waals surface area contributed by atoms with Crippen molar-refractivity contribution in [3.05, 3.63) is 0 Å². The first kappa shape index (κ1) is 18.1. The first-order chi connectivity index (χ1) is 9.51. The molecular formula is C14H28N2O4Si. The van der Waals surface area contributed by atoms with Crippen molar-refractivity contribution in [3.63, 3.8) is 0 Å². The predicted octanol–water partition coefficient (Wildman–Crippen LogP) is 0.764. The van der Waals surface area contributed by atoms with Gasteiger partial charge in [-0.15, -0.1) is 0 Å². The van der Waals surface area contributed by atoms with Crippen LogP contribution in [0.3, 0.4) is 0 Å². The van der Waals surface area contributed by atoms with Gasteiger partial charge in [0.05, 0.1) is 25.0 Å². The van der Waals surface area contributed by atoms with E-state index >= 15 is 0 Å². The normalized spacial score (nSPS) is 26.0. The highest BCUT2D eigenvalue weighted by Gasteiger charge is 2.40. The Labute approximate surface area is 127 Å². The average Bonchev–Trinajstić information content (AvgIpc) is 2.86. The van der Waals surface area contributed by atoms with Gasteiger partial charge in [-0.25, -0.2) is 0 Å². The Hall–Kier alpha value is -0.923. The van der Waals surface area contributed by atoms with E-state index in [9.17, 15) is 9.59 Å². The minimum atomic E-state index is -1.69. The lowest BCUT2D eigenvalue weighted by molar-refractivity contribution is -0.120. The third kappa shape index (κ3) is 5.76. The van der Waals surface area contributed by atoms with E-state index in [0.29, 0.717) is 19.5 Å². The Morgan fingerprint density at radius 2 is 1.62 bits per heavy atom. The second-order valence-electron chi connectivity index (χ2n) is 7.17. The number of carbonyl (C=O) groups excluding carboxylic acids is 2. The van der Waals surface area contributed by atoms with E-state index in [2.05, 4.69) is 44.5 Å². The summed E-state index contributed by atoms with van der Waals surface area (Å²) < 4.78 is 6.09. The highest BCUT2D eigenvalue weighted by Crippen LogP contribution is 2.37. The second-order valence-corrected chi connectivity index (χ2v) is 11.9. The number of carbonyl (C=O) groups is 2. The van der Waals surface area contributed by atoms with Crippen molar-refractivity contribution in [2.45, 2.75) is 64.0 Å². The van der Waals surface area contributed by atoms with E-state index in [1.54, 1.807) is 0 Å². The minimum absolute atomic E-state index is 0.0486. The predicted molar refractivity (Wildman–Crippen MR) is 83.3 cm³/mol. The Morgan fingerprint density at radius 3 is 1.90 bits per heavy atom. The van der Waals surface area contributed by atoms with Gasteiger partial charge in [0.25, 0.3) is 0 Å². The Bertz CT molecular complexity index is 393. The van der Waals surface area contributed by atoms with Crippen LogP contribution in [0.4, 0.5) is 0 Å². The number of aliphatic hydroxyl groups is 1. The summed E-state index contributed by atoms with van der Waals surface area (Å²) in [5, 5.41) is 14.1. The number of rotatable bonds is 2. The van der Waals surface area contributed by atoms with Gasteiger partial charge in [-0.2, -0.15) is 0 Å². The fraction of sp³-hybridized carbons (Fsp3) is 0.857. The molecule has 2 atom stereocenters. The molecule has 0 aliphatic carbocycles. The number of aliphatic hydroxyl groups excluding tert-OH is 1. The van der Waals surface area contributed by atoms with Crippen LogP contribution >= 0.6 is 0 Å². The molecule has 0 spiro atoms. The maximum absolute atomic E-state index is 11.0. The van der Waals surface area contributed by atoms with Gasteiger partial charge in [0.2, 0.25) is 11.8 Å². The standard InChI is InChI=1S/C10H21NO2Si.C4H7NO2/c1-10(2,3)14(4,5)13-8-6-9(12)11-7-8;6-3-1-4(7)5-2-3/h8H,6-7H2,1-5H3,(H,11,12);3,6H,1-2H2,(H,5,7)/t8-;/m1./s1. The van der Waals surface area contributed by atoms with Crippen LogP contribution in [0.5, 0.6) is 0 Å². The molecule has 2 amide bonds. The van der Waals surface area contributed by atoms with E-state index in [1.807, 2.05) is 0 Å². The highest BCUT2D eigenvalue weighted by atomic mass is 28.4. The summed E-state index contributed by atoms with van der Waals surface area (Å²) in [7, 11) is -1.69. The summed E-state index contributed by atoms with van der Waals surface area (Å²) in [5.41, 5.74) is 0. The lowest BCUT2D eigenvalue weighted by Gasteiger charge is -2.38. The number of amides is 2. The van der Waals surface area contributed by atoms with Crippen molar-refractivity contribution in [1.29, 1.82) is 0 Å². The first-order valence-corrected chi connectivity index (χ1v) is 10.3. The van der Waals surface area contributed by atoms with Gasteiger partial charge < -0.3 is 20.2 Å². The largest absolute Gasteiger partial charge is 0.412 e. The van der Waals surface area contributed by atoms with Crippen molar-refractivity contribution in [2.24, 2.45) is 0 Å². The topological polar surface area (TPSA) is 87.7 Å². The third-order valence-electron chi connectivity index (χ3n) is 4.16. The molecule has 6 nitrogen and oxygen atoms in total. The fourth-order valence-corrected chi connectivity index (χ4v) is 3.20.